The molecular weight excluding hydrogens is 266 g/mol. The summed E-state index contributed by atoms with van der Waals surface area (Å²) in [5.41, 5.74) is 1.85. The number of nitrogens with zero attached hydrogens (tertiary/aromatic N) is 1. The molecule has 0 saturated heterocycles. The number of hydrogen-bond donors (Lipinski definition) is 0. The van der Waals surface area contributed by atoms with E-state index in [9.17, 15) is 14.9 Å². The topological polar surface area (TPSA) is 60.2 Å². The highest BCUT2D eigenvalue weighted by Crippen LogP contribution is 2.26. The number of benzene rings is 2. The van der Waals surface area contributed by atoms with Crippen molar-refractivity contribution in [2.45, 2.75) is 12.3 Å². The van der Waals surface area contributed by atoms with Gasteiger partial charge in [-0.15, -0.1) is 0 Å². The summed E-state index contributed by atoms with van der Waals surface area (Å²) in [6, 6.07) is 18.8. The van der Waals surface area contributed by atoms with Gasteiger partial charge in [0.15, 0.2) is 0 Å². The molecule has 108 valence electrons. The molecule has 2 aromatic carbocycles. The van der Waals surface area contributed by atoms with Gasteiger partial charge in [0.2, 0.25) is 6.54 Å². The van der Waals surface area contributed by atoms with Gasteiger partial charge in [0.25, 0.3) is 0 Å². The Balaban J connectivity index is 2.25. The summed E-state index contributed by atoms with van der Waals surface area (Å²) in [5, 5.41) is 10.9. The standard InChI is InChI=1S/C17H17NO3/c19-13-16(11-14-7-3-1-4-8-14)17(12-18(20)21)15-9-5-2-6-10-15/h1-10,13,16-17H,11-12H2/t16?,17-/m0/s1. The molecule has 0 spiro atoms. The second-order valence-corrected chi connectivity index (χ2v) is 5.02. The third-order valence-corrected chi connectivity index (χ3v) is 3.58. The molecule has 4 nitrogen and oxygen atoms in total. The van der Waals surface area contributed by atoms with Crippen molar-refractivity contribution in [1.82, 2.24) is 0 Å². The third-order valence-electron chi connectivity index (χ3n) is 3.58. The van der Waals surface area contributed by atoms with E-state index in [2.05, 4.69) is 0 Å². The van der Waals surface area contributed by atoms with Gasteiger partial charge >= 0.3 is 0 Å². The average molecular weight is 283 g/mol. The summed E-state index contributed by atoms with van der Waals surface area (Å²) in [6.07, 6.45) is 1.35. The molecule has 0 aliphatic rings. The van der Waals surface area contributed by atoms with E-state index in [-0.39, 0.29) is 11.5 Å². The maximum absolute atomic E-state index is 11.5. The van der Waals surface area contributed by atoms with E-state index < -0.39 is 11.8 Å². The number of rotatable bonds is 7. The van der Waals surface area contributed by atoms with Crippen LogP contribution < -0.4 is 0 Å². The van der Waals surface area contributed by atoms with E-state index in [1.165, 1.54) is 0 Å². The minimum atomic E-state index is -0.404. The van der Waals surface area contributed by atoms with Gasteiger partial charge in [-0.2, -0.15) is 0 Å². The van der Waals surface area contributed by atoms with Gasteiger partial charge in [-0.05, 0) is 17.5 Å². The van der Waals surface area contributed by atoms with Crippen LogP contribution in [0.15, 0.2) is 60.7 Å². The second-order valence-electron chi connectivity index (χ2n) is 5.02. The van der Waals surface area contributed by atoms with Crippen LogP contribution in [0.3, 0.4) is 0 Å². The van der Waals surface area contributed by atoms with Crippen LogP contribution in [0.25, 0.3) is 0 Å². The number of aldehydes is 1. The zero-order valence-electron chi connectivity index (χ0n) is 11.6. The Kier molecular flexibility index (Phi) is 5.21. The normalized spacial score (nSPS) is 13.3. The molecular formula is C17H17NO3. The first-order valence-electron chi connectivity index (χ1n) is 6.86. The molecule has 21 heavy (non-hydrogen) atoms. The van der Waals surface area contributed by atoms with Crippen LogP contribution >= 0.6 is 0 Å². The molecule has 0 amide bonds. The summed E-state index contributed by atoms with van der Waals surface area (Å²) in [4.78, 5) is 22.1. The number of nitro groups is 1. The predicted molar refractivity (Wildman–Crippen MR) is 80.7 cm³/mol. The van der Waals surface area contributed by atoms with Crippen molar-refractivity contribution in [1.29, 1.82) is 0 Å². The maximum atomic E-state index is 11.5. The minimum absolute atomic E-state index is 0.236. The highest BCUT2D eigenvalue weighted by atomic mass is 16.6. The predicted octanol–water partition coefficient (Wildman–Crippen LogP) is 3.10. The fourth-order valence-electron chi connectivity index (χ4n) is 2.52. The lowest BCUT2D eigenvalue weighted by molar-refractivity contribution is -0.484. The van der Waals surface area contributed by atoms with Crippen molar-refractivity contribution >= 4 is 6.29 Å². The van der Waals surface area contributed by atoms with Crippen molar-refractivity contribution in [2.24, 2.45) is 5.92 Å². The number of carbonyl (C=O) groups is 1. The summed E-state index contributed by atoms with van der Waals surface area (Å²) in [7, 11) is 0. The Morgan fingerprint density at radius 3 is 2.10 bits per heavy atom. The van der Waals surface area contributed by atoms with Crippen LogP contribution in [0.1, 0.15) is 17.0 Å². The summed E-state index contributed by atoms with van der Waals surface area (Å²) in [6.45, 7) is -0.236. The molecule has 0 radical (unpaired) electrons. The molecule has 0 aliphatic carbocycles. The van der Waals surface area contributed by atoms with Crippen LogP contribution in [0.2, 0.25) is 0 Å². The van der Waals surface area contributed by atoms with Crippen molar-refractivity contribution < 1.29 is 9.72 Å². The molecule has 4 heteroatoms. The zero-order chi connectivity index (χ0) is 15.1. The SMILES string of the molecule is O=CC(Cc1ccccc1)[C@@H](C[N+](=O)[O-])c1ccccc1. The van der Waals surface area contributed by atoms with Crippen LogP contribution in [0.5, 0.6) is 0 Å². The fraction of sp³-hybridized carbons (Fsp3) is 0.235. The lowest BCUT2D eigenvalue weighted by atomic mass is 9.83. The largest absolute Gasteiger partial charge is 0.303 e. The van der Waals surface area contributed by atoms with Crippen molar-refractivity contribution in [3.63, 3.8) is 0 Å². The second kappa shape index (κ2) is 7.33. The molecule has 2 rings (SSSR count). The molecule has 2 atom stereocenters. The monoisotopic (exact) mass is 283 g/mol. The Bertz CT molecular complexity index is 583. The van der Waals surface area contributed by atoms with Gasteiger partial charge in [-0.25, -0.2) is 0 Å². The van der Waals surface area contributed by atoms with E-state index in [1.807, 2.05) is 60.7 Å². The van der Waals surface area contributed by atoms with E-state index in [0.29, 0.717) is 6.42 Å². The fourth-order valence-corrected chi connectivity index (χ4v) is 2.52. The van der Waals surface area contributed by atoms with Crippen LogP contribution in [-0.4, -0.2) is 17.8 Å². The molecule has 0 aliphatic heterocycles. The first-order valence-corrected chi connectivity index (χ1v) is 6.86. The Morgan fingerprint density at radius 2 is 1.57 bits per heavy atom. The van der Waals surface area contributed by atoms with Gasteiger partial charge in [0.05, 0.1) is 5.92 Å². The summed E-state index contributed by atoms with van der Waals surface area (Å²) in [5.74, 6) is -0.806. The van der Waals surface area contributed by atoms with E-state index in [4.69, 9.17) is 0 Å². The van der Waals surface area contributed by atoms with Crippen molar-refractivity contribution in [2.75, 3.05) is 6.54 Å². The zero-order valence-corrected chi connectivity index (χ0v) is 11.6. The van der Waals surface area contributed by atoms with Crippen LogP contribution in [-0.2, 0) is 11.2 Å². The molecule has 0 bridgehead atoms. The van der Waals surface area contributed by atoms with E-state index in [0.717, 1.165) is 17.4 Å². The number of hydrogen-bond acceptors (Lipinski definition) is 3. The van der Waals surface area contributed by atoms with Crippen LogP contribution in [0.4, 0.5) is 0 Å². The highest BCUT2D eigenvalue weighted by molar-refractivity contribution is 5.57. The molecule has 1 unspecified atom stereocenters. The smallest absolute Gasteiger partial charge is 0.211 e. The molecule has 0 saturated carbocycles. The summed E-state index contributed by atoms with van der Waals surface area (Å²) < 4.78 is 0. The van der Waals surface area contributed by atoms with Gasteiger partial charge in [-0.1, -0.05) is 60.7 Å². The number of carbonyl (C=O) groups excluding carboxylic acids is 1. The van der Waals surface area contributed by atoms with Crippen molar-refractivity contribution in [3.05, 3.63) is 81.9 Å². The van der Waals surface area contributed by atoms with E-state index >= 15 is 0 Å². The Hall–Kier alpha value is -2.49. The van der Waals surface area contributed by atoms with Gasteiger partial charge in [0.1, 0.15) is 6.29 Å². The highest BCUT2D eigenvalue weighted by Gasteiger charge is 2.27. The minimum Gasteiger partial charge on any atom is -0.303 e. The Labute approximate surface area is 123 Å². The van der Waals surface area contributed by atoms with Crippen LogP contribution in [0, 0.1) is 16.0 Å². The van der Waals surface area contributed by atoms with E-state index in [1.54, 1.807) is 0 Å². The Morgan fingerprint density at radius 1 is 1.00 bits per heavy atom. The maximum Gasteiger partial charge on any atom is 0.211 e. The molecule has 0 aromatic heterocycles. The molecule has 2 aromatic rings. The lowest BCUT2D eigenvalue weighted by Gasteiger charge is -2.20. The average Bonchev–Trinajstić information content (AvgIpc) is 2.52. The summed E-state index contributed by atoms with van der Waals surface area (Å²) >= 11 is 0. The van der Waals surface area contributed by atoms with Crippen molar-refractivity contribution in [3.8, 4) is 0 Å². The lowest BCUT2D eigenvalue weighted by Crippen LogP contribution is -2.24. The van der Waals surface area contributed by atoms with Gasteiger partial charge in [0, 0.05) is 10.8 Å². The van der Waals surface area contributed by atoms with Gasteiger partial charge < -0.3 is 4.79 Å². The third kappa shape index (κ3) is 4.24. The van der Waals surface area contributed by atoms with Gasteiger partial charge in [-0.3, -0.25) is 10.1 Å². The quantitative estimate of drug-likeness (QED) is 0.445. The first kappa shape index (κ1) is 14.9. The molecule has 0 N–H and O–H groups in total. The molecule has 0 fully saturated rings. The molecule has 0 heterocycles. The first-order chi connectivity index (χ1) is 10.2.